The fourth-order valence-electron chi connectivity index (χ4n) is 2.56. The number of nitrogens with zero attached hydrogens (tertiary/aromatic N) is 1. The maximum Gasteiger partial charge on any atom is 0.228 e. The van der Waals surface area contributed by atoms with Gasteiger partial charge in [-0.25, -0.2) is 0 Å². The minimum absolute atomic E-state index is 0.00557. The van der Waals surface area contributed by atoms with Gasteiger partial charge in [-0.3, -0.25) is 4.79 Å². The summed E-state index contributed by atoms with van der Waals surface area (Å²) < 4.78 is 1.02. The van der Waals surface area contributed by atoms with Gasteiger partial charge in [-0.1, -0.05) is 28.1 Å². The van der Waals surface area contributed by atoms with Gasteiger partial charge < -0.3 is 10.2 Å². The third kappa shape index (κ3) is 4.83. The second-order valence-corrected chi connectivity index (χ2v) is 6.44. The first kappa shape index (κ1) is 17.5. The molecule has 0 radical (unpaired) electrons. The number of hydrogen-bond donors (Lipinski definition) is 1. The molecule has 3 nitrogen and oxygen atoms in total. The molecule has 0 bridgehead atoms. The molecule has 0 aliphatic heterocycles. The highest BCUT2D eigenvalue weighted by atomic mass is 79.9. The Morgan fingerprint density at radius 2 is 1.74 bits per heavy atom. The number of hydrogen-bond acceptors (Lipinski definition) is 2. The third-order valence-electron chi connectivity index (χ3n) is 3.89. The van der Waals surface area contributed by atoms with Crippen LogP contribution in [0.5, 0.6) is 0 Å². The van der Waals surface area contributed by atoms with Crippen LogP contribution in [-0.4, -0.2) is 19.0 Å². The lowest BCUT2D eigenvalue weighted by molar-refractivity contribution is -0.115. The van der Waals surface area contributed by atoms with Gasteiger partial charge >= 0.3 is 0 Å². The van der Waals surface area contributed by atoms with Crippen molar-refractivity contribution < 1.29 is 4.79 Å². The largest absolute Gasteiger partial charge is 0.372 e. The van der Waals surface area contributed by atoms with Gasteiger partial charge in [0.1, 0.15) is 0 Å². The summed E-state index contributed by atoms with van der Waals surface area (Å²) in [4.78, 5) is 14.5. The van der Waals surface area contributed by atoms with E-state index < -0.39 is 0 Å². The van der Waals surface area contributed by atoms with Crippen molar-refractivity contribution in [3.05, 3.63) is 58.1 Å². The Kier molecular flexibility index (Phi) is 6.22. The number of anilines is 2. The molecule has 122 valence electrons. The van der Waals surface area contributed by atoms with Crippen LogP contribution in [0.2, 0.25) is 0 Å². The summed E-state index contributed by atoms with van der Waals surface area (Å²) in [6, 6.07) is 14.0. The van der Waals surface area contributed by atoms with Crippen LogP contribution in [-0.2, 0) is 11.2 Å². The van der Waals surface area contributed by atoms with Crippen LogP contribution in [0.15, 0.2) is 46.9 Å². The quantitative estimate of drug-likeness (QED) is 0.788. The summed E-state index contributed by atoms with van der Waals surface area (Å²) in [6.07, 6.45) is 0.379. The van der Waals surface area contributed by atoms with E-state index in [1.165, 1.54) is 5.69 Å². The van der Waals surface area contributed by atoms with Gasteiger partial charge in [-0.05, 0) is 62.2 Å². The molecule has 0 spiro atoms. The maximum absolute atomic E-state index is 12.2. The molecule has 1 N–H and O–H groups in total. The predicted octanol–water partition coefficient (Wildman–Crippen LogP) is 4.78. The lowest BCUT2D eigenvalue weighted by Crippen LogP contribution is -2.22. The average molecular weight is 375 g/mol. The van der Waals surface area contributed by atoms with Crippen LogP contribution >= 0.6 is 15.9 Å². The zero-order valence-corrected chi connectivity index (χ0v) is 15.5. The number of halogens is 1. The van der Waals surface area contributed by atoms with Crippen molar-refractivity contribution in [2.24, 2.45) is 0 Å². The number of nitrogens with one attached hydrogen (secondary N) is 1. The van der Waals surface area contributed by atoms with Crippen LogP contribution in [0, 0.1) is 6.92 Å². The van der Waals surface area contributed by atoms with Crippen molar-refractivity contribution in [2.45, 2.75) is 27.2 Å². The first-order valence-corrected chi connectivity index (χ1v) is 8.72. The van der Waals surface area contributed by atoms with Crippen LogP contribution in [0.1, 0.15) is 25.0 Å². The monoisotopic (exact) mass is 374 g/mol. The molecule has 2 aromatic rings. The van der Waals surface area contributed by atoms with E-state index in [-0.39, 0.29) is 5.91 Å². The Hall–Kier alpha value is -1.81. The molecule has 2 rings (SSSR count). The van der Waals surface area contributed by atoms with E-state index in [0.717, 1.165) is 34.4 Å². The molecule has 0 saturated heterocycles. The zero-order valence-electron chi connectivity index (χ0n) is 13.9. The molecule has 23 heavy (non-hydrogen) atoms. The van der Waals surface area contributed by atoms with Crippen molar-refractivity contribution in [1.29, 1.82) is 0 Å². The zero-order chi connectivity index (χ0) is 16.8. The molecule has 2 aromatic carbocycles. The molecule has 0 aliphatic rings. The molecule has 4 heteroatoms. The molecule has 1 amide bonds. The number of carbonyl (C=O) groups excluding carboxylic acids is 1. The van der Waals surface area contributed by atoms with Crippen LogP contribution in [0.3, 0.4) is 0 Å². The van der Waals surface area contributed by atoms with Crippen molar-refractivity contribution in [2.75, 3.05) is 23.3 Å². The lowest BCUT2D eigenvalue weighted by atomic mass is 10.1. The van der Waals surface area contributed by atoms with E-state index in [9.17, 15) is 4.79 Å². The second kappa shape index (κ2) is 8.16. The Morgan fingerprint density at radius 1 is 1.09 bits per heavy atom. The van der Waals surface area contributed by atoms with Gasteiger partial charge in [0.15, 0.2) is 0 Å². The van der Waals surface area contributed by atoms with Crippen molar-refractivity contribution >= 4 is 33.2 Å². The van der Waals surface area contributed by atoms with E-state index in [1.54, 1.807) is 0 Å². The smallest absolute Gasteiger partial charge is 0.228 e. The lowest BCUT2D eigenvalue weighted by Gasteiger charge is -2.22. The number of rotatable bonds is 6. The maximum atomic E-state index is 12.2. The van der Waals surface area contributed by atoms with Crippen molar-refractivity contribution in [3.63, 3.8) is 0 Å². The van der Waals surface area contributed by atoms with Crippen molar-refractivity contribution in [1.82, 2.24) is 0 Å². The highest BCUT2D eigenvalue weighted by Crippen LogP contribution is 2.23. The topological polar surface area (TPSA) is 32.3 Å². The molecule has 0 atom stereocenters. The predicted molar refractivity (Wildman–Crippen MR) is 101 cm³/mol. The summed E-state index contributed by atoms with van der Waals surface area (Å²) in [5.41, 5.74) is 4.16. The molecule has 0 fully saturated rings. The van der Waals surface area contributed by atoms with E-state index in [2.05, 4.69) is 52.1 Å². The minimum Gasteiger partial charge on any atom is -0.372 e. The highest BCUT2D eigenvalue weighted by molar-refractivity contribution is 9.10. The SMILES string of the molecule is CCN(CC)c1ccc(NC(=O)Cc2ccc(Br)cc2)c(C)c1. The summed E-state index contributed by atoms with van der Waals surface area (Å²) in [5.74, 6) is 0.00557. The summed E-state index contributed by atoms with van der Waals surface area (Å²) in [5, 5.41) is 3.01. The molecular formula is C19H23BrN2O. The van der Waals surface area contributed by atoms with Crippen LogP contribution in [0.4, 0.5) is 11.4 Å². The van der Waals surface area contributed by atoms with E-state index in [1.807, 2.05) is 37.3 Å². The minimum atomic E-state index is 0.00557. The Morgan fingerprint density at radius 3 is 2.30 bits per heavy atom. The van der Waals surface area contributed by atoms with E-state index in [4.69, 9.17) is 0 Å². The summed E-state index contributed by atoms with van der Waals surface area (Å²) in [7, 11) is 0. The first-order valence-electron chi connectivity index (χ1n) is 7.93. The highest BCUT2D eigenvalue weighted by Gasteiger charge is 2.08. The summed E-state index contributed by atoms with van der Waals surface area (Å²) >= 11 is 3.40. The molecule has 0 aromatic heterocycles. The number of amides is 1. The van der Waals surface area contributed by atoms with Gasteiger partial charge in [0.2, 0.25) is 5.91 Å². The Bertz CT molecular complexity index is 664. The third-order valence-corrected chi connectivity index (χ3v) is 4.42. The number of carbonyl (C=O) groups is 1. The Balaban J connectivity index is 2.04. The van der Waals surface area contributed by atoms with Crippen LogP contribution in [0.25, 0.3) is 0 Å². The molecular weight excluding hydrogens is 352 g/mol. The van der Waals surface area contributed by atoms with Gasteiger partial charge in [0.05, 0.1) is 6.42 Å². The van der Waals surface area contributed by atoms with E-state index in [0.29, 0.717) is 6.42 Å². The number of benzene rings is 2. The molecule has 0 saturated carbocycles. The molecule has 0 heterocycles. The fourth-order valence-corrected chi connectivity index (χ4v) is 2.82. The van der Waals surface area contributed by atoms with Gasteiger partial charge in [0, 0.05) is 28.9 Å². The normalized spacial score (nSPS) is 10.4. The standard InChI is InChI=1S/C19H23BrN2O/c1-4-22(5-2)17-10-11-18(14(3)12-17)21-19(23)13-15-6-8-16(20)9-7-15/h6-12H,4-5,13H2,1-3H3,(H,21,23). The summed E-state index contributed by atoms with van der Waals surface area (Å²) in [6.45, 7) is 8.28. The molecule has 0 unspecified atom stereocenters. The van der Waals surface area contributed by atoms with E-state index >= 15 is 0 Å². The van der Waals surface area contributed by atoms with Gasteiger partial charge in [0.25, 0.3) is 0 Å². The number of aryl methyl sites for hydroxylation is 1. The van der Waals surface area contributed by atoms with Crippen molar-refractivity contribution in [3.8, 4) is 0 Å². The van der Waals surface area contributed by atoms with Gasteiger partial charge in [-0.2, -0.15) is 0 Å². The fraction of sp³-hybridized carbons (Fsp3) is 0.316. The Labute approximate surface area is 146 Å². The average Bonchev–Trinajstić information content (AvgIpc) is 2.53. The molecule has 0 aliphatic carbocycles. The van der Waals surface area contributed by atoms with Gasteiger partial charge in [-0.15, -0.1) is 0 Å². The van der Waals surface area contributed by atoms with Crippen LogP contribution < -0.4 is 10.2 Å². The first-order chi connectivity index (χ1) is 11.0. The second-order valence-electron chi connectivity index (χ2n) is 5.52.